The third-order valence-corrected chi connectivity index (χ3v) is 3.26. The number of carboxylic acids is 1. The number of rotatable bonds is 6. The molecule has 0 saturated carbocycles. The van der Waals surface area contributed by atoms with Crippen LogP contribution in [-0.4, -0.2) is 17.1 Å². The first-order valence-electron chi connectivity index (χ1n) is 5.14. The van der Waals surface area contributed by atoms with Crippen molar-refractivity contribution in [2.24, 2.45) is 0 Å². The first-order chi connectivity index (χ1) is 7.65. The average molecular weight is 237 g/mol. The van der Waals surface area contributed by atoms with Gasteiger partial charge in [-0.3, -0.25) is 10.1 Å². The molecular formula is C12H15NO2S. The second-order valence-electron chi connectivity index (χ2n) is 3.45. The zero-order valence-electron chi connectivity index (χ0n) is 9.19. The Morgan fingerprint density at radius 2 is 2.31 bits per heavy atom. The van der Waals surface area contributed by atoms with Crippen LogP contribution in [0.15, 0.2) is 12.1 Å². The van der Waals surface area contributed by atoms with Crippen LogP contribution in [0.3, 0.4) is 0 Å². The molecule has 0 bridgehead atoms. The lowest BCUT2D eigenvalue weighted by atomic mass is 10.2. The van der Waals surface area contributed by atoms with Gasteiger partial charge in [-0.1, -0.05) is 12.8 Å². The van der Waals surface area contributed by atoms with Crippen LogP contribution in [0.2, 0.25) is 0 Å². The van der Waals surface area contributed by atoms with E-state index in [0.717, 1.165) is 16.2 Å². The molecule has 1 rings (SSSR count). The molecule has 0 saturated heterocycles. The van der Waals surface area contributed by atoms with Crippen molar-refractivity contribution in [3.63, 3.8) is 0 Å². The number of terminal acetylenes is 1. The Bertz CT molecular complexity index is 392. The first-order valence-corrected chi connectivity index (χ1v) is 5.96. The van der Waals surface area contributed by atoms with E-state index in [-0.39, 0.29) is 12.5 Å². The molecular weight excluding hydrogens is 222 g/mol. The van der Waals surface area contributed by atoms with Crippen molar-refractivity contribution in [3.8, 4) is 12.3 Å². The predicted molar refractivity (Wildman–Crippen MR) is 65.4 cm³/mol. The van der Waals surface area contributed by atoms with Gasteiger partial charge in [0.05, 0.1) is 12.5 Å². The lowest BCUT2D eigenvalue weighted by molar-refractivity contribution is -0.136. The van der Waals surface area contributed by atoms with Crippen LogP contribution in [0, 0.1) is 12.3 Å². The van der Waals surface area contributed by atoms with Crippen LogP contribution < -0.4 is 5.32 Å². The Morgan fingerprint density at radius 1 is 1.62 bits per heavy atom. The number of thiophene rings is 1. The van der Waals surface area contributed by atoms with E-state index in [4.69, 9.17) is 11.5 Å². The van der Waals surface area contributed by atoms with Crippen LogP contribution in [0.5, 0.6) is 0 Å². The Morgan fingerprint density at radius 3 is 2.88 bits per heavy atom. The Labute approximate surface area is 99.5 Å². The lowest BCUT2D eigenvalue weighted by Gasteiger charge is -2.08. The molecule has 1 unspecified atom stereocenters. The van der Waals surface area contributed by atoms with Gasteiger partial charge in [0.25, 0.3) is 0 Å². The summed E-state index contributed by atoms with van der Waals surface area (Å²) in [4.78, 5) is 12.5. The maximum absolute atomic E-state index is 10.5. The van der Waals surface area contributed by atoms with E-state index in [1.165, 1.54) is 11.3 Å². The molecule has 0 radical (unpaired) electrons. The number of hydrogen-bond donors (Lipinski definition) is 2. The van der Waals surface area contributed by atoms with Crippen molar-refractivity contribution in [2.75, 3.05) is 0 Å². The van der Waals surface area contributed by atoms with Gasteiger partial charge >= 0.3 is 5.97 Å². The highest BCUT2D eigenvalue weighted by molar-refractivity contribution is 7.12. The van der Waals surface area contributed by atoms with E-state index in [2.05, 4.69) is 11.2 Å². The standard InChI is InChI=1S/C12H15NO2S/c1-3-9(4-2)13-8-11-6-5-10(16-11)7-12(14)15/h1,5-6,9,13H,4,7-8H2,2H3,(H,14,15). The average Bonchev–Trinajstić information content (AvgIpc) is 2.66. The van der Waals surface area contributed by atoms with E-state index < -0.39 is 5.97 Å². The van der Waals surface area contributed by atoms with Gasteiger partial charge in [-0.05, 0) is 18.6 Å². The predicted octanol–water partition coefficient (Wildman–Crippen LogP) is 1.88. The van der Waals surface area contributed by atoms with Crippen molar-refractivity contribution in [2.45, 2.75) is 32.4 Å². The lowest BCUT2D eigenvalue weighted by Crippen LogP contribution is -2.25. The van der Waals surface area contributed by atoms with Crippen LogP contribution >= 0.6 is 11.3 Å². The van der Waals surface area contributed by atoms with E-state index in [1.54, 1.807) is 0 Å². The Kier molecular flexibility index (Phi) is 5.03. The summed E-state index contributed by atoms with van der Waals surface area (Å²) in [5.74, 6) is 1.87. The van der Waals surface area contributed by atoms with E-state index in [9.17, 15) is 4.79 Å². The molecule has 0 aliphatic carbocycles. The third kappa shape index (κ3) is 4.05. The first kappa shape index (κ1) is 12.8. The molecule has 0 spiro atoms. The minimum absolute atomic E-state index is 0.0880. The number of aliphatic carboxylic acids is 1. The van der Waals surface area contributed by atoms with Gasteiger partial charge in [0.15, 0.2) is 0 Å². The summed E-state index contributed by atoms with van der Waals surface area (Å²) in [7, 11) is 0. The van der Waals surface area contributed by atoms with Gasteiger partial charge in [0.1, 0.15) is 0 Å². The van der Waals surface area contributed by atoms with Gasteiger partial charge < -0.3 is 5.11 Å². The molecule has 0 fully saturated rings. The van der Waals surface area contributed by atoms with Gasteiger partial charge in [-0.25, -0.2) is 0 Å². The number of nitrogens with one attached hydrogen (secondary N) is 1. The maximum Gasteiger partial charge on any atom is 0.308 e. The zero-order valence-corrected chi connectivity index (χ0v) is 10.0. The normalized spacial score (nSPS) is 12.0. The molecule has 0 aliphatic rings. The molecule has 1 atom stereocenters. The summed E-state index contributed by atoms with van der Waals surface area (Å²) in [6.45, 7) is 2.73. The molecule has 1 aromatic rings. The minimum atomic E-state index is -0.795. The molecule has 86 valence electrons. The van der Waals surface area contributed by atoms with Crippen molar-refractivity contribution in [1.82, 2.24) is 5.32 Å². The van der Waals surface area contributed by atoms with Gasteiger partial charge in [-0.2, -0.15) is 0 Å². The quantitative estimate of drug-likeness (QED) is 0.743. The van der Waals surface area contributed by atoms with Gasteiger partial charge in [-0.15, -0.1) is 17.8 Å². The van der Waals surface area contributed by atoms with E-state index in [1.807, 2.05) is 19.1 Å². The van der Waals surface area contributed by atoms with Gasteiger partial charge in [0, 0.05) is 16.3 Å². The zero-order chi connectivity index (χ0) is 12.0. The molecule has 1 heterocycles. The number of carbonyl (C=O) groups is 1. The molecule has 3 nitrogen and oxygen atoms in total. The van der Waals surface area contributed by atoms with Crippen LogP contribution in [0.1, 0.15) is 23.1 Å². The smallest absolute Gasteiger partial charge is 0.308 e. The minimum Gasteiger partial charge on any atom is -0.481 e. The van der Waals surface area contributed by atoms with Crippen molar-refractivity contribution >= 4 is 17.3 Å². The molecule has 1 aromatic heterocycles. The van der Waals surface area contributed by atoms with Crippen molar-refractivity contribution < 1.29 is 9.90 Å². The van der Waals surface area contributed by atoms with Crippen molar-refractivity contribution in [1.29, 1.82) is 0 Å². The van der Waals surface area contributed by atoms with E-state index in [0.29, 0.717) is 6.54 Å². The summed E-state index contributed by atoms with van der Waals surface area (Å²) in [6, 6.07) is 3.89. The third-order valence-electron chi connectivity index (χ3n) is 2.17. The molecule has 0 aromatic carbocycles. The Balaban J connectivity index is 2.46. The topological polar surface area (TPSA) is 49.3 Å². The van der Waals surface area contributed by atoms with Crippen molar-refractivity contribution in [3.05, 3.63) is 21.9 Å². The molecule has 0 amide bonds. The summed E-state index contributed by atoms with van der Waals surface area (Å²) in [6.07, 6.45) is 6.32. The summed E-state index contributed by atoms with van der Waals surface area (Å²) in [5.41, 5.74) is 0. The van der Waals surface area contributed by atoms with E-state index >= 15 is 0 Å². The number of hydrogen-bond acceptors (Lipinski definition) is 3. The van der Waals surface area contributed by atoms with Crippen LogP contribution in [-0.2, 0) is 17.8 Å². The number of carboxylic acid groups (broad SMARTS) is 1. The fourth-order valence-corrected chi connectivity index (χ4v) is 2.27. The highest BCUT2D eigenvalue weighted by atomic mass is 32.1. The largest absolute Gasteiger partial charge is 0.481 e. The summed E-state index contributed by atoms with van der Waals surface area (Å²) in [5, 5.41) is 11.9. The fraction of sp³-hybridized carbons (Fsp3) is 0.417. The summed E-state index contributed by atoms with van der Waals surface area (Å²) >= 11 is 1.51. The molecule has 2 N–H and O–H groups in total. The molecule has 16 heavy (non-hydrogen) atoms. The SMILES string of the molecule is C#CC(CC)NCc1ccc(CC(=O)O)s1. The second-order valence-corrected chi connectivity index (χ2v) is 4.70. The fourth-order valence-electron chi connectivity index (χ4n) is 1.31. The highest BCUT2D eigenvalue weighted by Crippen LogP contribution is 2.17. The summed E-state index contributed by atoms with van der Waals surface area (Å²) < 4.78 is 0. The maximum atomic E-state index is 10.5. The van der Waals surface area contributed by atoms with Gasteiger partial charge in [0.2, 0.25) is 0 Å². The second kappa shape index (κ2) is 6.31. The molecule has 4 heteroatoms. The molecule has 0 aliphatic heterocycles. The monoisotopic (exact) mass is 237 g/mol. The van der Waals surface area contributed by atoms with Crippen LogP contribution in [0.25, 0.3) is 0 Å². The Hall–Kier alpha value is -1.31. The highest BCUT2D eigenvalue weighted by Gasteiger charge is 2.06. The van der Waals surface area contributed by atoms with Crippen LogP contribution in [0.4, 0.5) is 0 Å².